The molecule has 45 heavy (non-hydrogen) atoms. The third-order valence-corrected chi connectivity index (χ3v) is 8.29. The van der Waals surface area contributed by atoms with E-state index in [4.69, 9.17) is 23.2 Å². The van der Waals surface area contributed by atoms with E-state index in [0.717, 1.165) is 21.6 Å². The summed E-state index contributed by atoms with van der Waals surface area (Å²) in [4.78, 5) is 39.6. The van der Waals surface area contributed by atoms with Crippen molar-refractivity contribution in [2.24, 2.45) is 0 Å². The zero-order valence-electron chi connectivity index (χ0n) is 23.8. The second kappa shape index (κ2) is 15.3. The van der Waals surface area contributed by atoms with Crippen LogP contribution >= 0.6 is 35.0 Å². The topological polar surface area (TPSA) is 87.3 Å². The largest absolute Gasteiger partial charge is 0.325 e. The van der Waals surface area contributed by atoms with E-state index in [-0.39, 0.29) is 17.4 Å². The minimum Gasteiger partial charge on any atom is -0.325 e. The van der Waals surface area contributed by atoms with E-state index in [1.54, 1.807) is 72.8 Å². The maximum atomic E-state index is 13.4. The summed E-state index contributed by atoms with van der Waals surface area (Å²) in [7, 11) is 0. The number of rotatable bonds is 10. The van der Waals surface area contributed by atoms with Gasteiger partial charge in [0, 0.05) is 21.8 Å². The van der Waals surface area contributed by atoms with Crippen molar-refractivity contribution in [3.63, 3.8) is 0 Å². The molecule has 9 heteroatoms. The Balaban J connectivity index is 1.25. The van der Waals surface area contributed by atoms with Gasteiger partial charge in [0.15, 0.2) is 0 Å². The van der Waals surface area contributed by atoms with Crippen molar-refractivity contribution in [1.29, 1.82) is 0 Å². The molecule has 0 atom stereocenters. The van der Waals surface area contributed by atoms with Crippen LogP contribution in [-0.4, -0.2) is 23.5 Å². The third kappa shape index (κ3) is 9.09. The summed E-state index contributed by atoms with van der Waals surface area (Å²) in [5.74, 6) is -0.902. The number of halogens is 2. The Morgan fingerprint density at radius 2 is 1.27 bits per heavy atom. The number of hydrogen-bond donors (Lipinski definition) is 3. The van der Waals surface area contributed by atoms with Crippen LogP contribution in [0.2, 0.25) is 10.0 Å². The molecule has 0 heterocycles. The van der Waals surface area contributed by atoms with Crippen LogP contribution in [0.15, 0.2) is 138 Å². The average molecular weight is 653 g/mol. The maximum absolute atomic E-state index is 13.4. The lowest BCUT2D eigenvalue weighted by Gasteiger charge is -2.12. The van der Waals surface area contributed by atoms with E-state index < -0.39 is 11.8 Å². The highest BCUT2D eigenvalue weighted by molar-refractivity contribution is 8.00. The molecule has 0 unspecified atom stereocenters. The molecule has 3 N–H and O–H groups in total. The quantitative estimate of drug-likeness (QED) is 0.104. The SMILES string of the molecule is O=C(CSc1ccc(NC(=O)/C(=C/c2ccc(-c3ccccc3)cc2)NC(=O)c2ccccc2)cc1)Nc1ccc(Cl)c(Cl)c1. The second-order valence-corrected chi connectivity index (χ2v) is 11.7. The van der Waals surface area contributed by atoms with Crippen molar-refractivity contribution >= 4 is 70.1 Å². The van der Waals surface area contributed by atoms with Gasteiger partial charge in [-0.25, -0.2) is 0 Å². The normalized spacial score (nSPS) is 11.0. The van der Waals surface area contributed by atoms with Crippen molar-refractivity contribution in [2.75, 3.05) is 16.4 Å². The van der Waals surface area contributed by atoms with Crippen LogP contribution < -0.4 is 16.0 Å². The summed E-state index contributed by atoms with van der Waals surface area (Å²) in [6, 6.07) is 38.4. The molecule has 0 bridgehead atoms. The number of hydrogen-bond acceptors (Lipinski definition) is 4. The molecule has 0 fully saturated rings. The summed E-state index contributed by atoms with van der Waals surface area (Å²) in [6.45, 7) is 0. The Kier molecular flexibility index (Phi) is 10.7. The van der Waals surface area contributed by atoms with E-state index in [2.05, 4.69) is 16.0 Å². The smallest absolute Gasteiger partial charge is 0.272 e. The standard InChI is InChI=1S/C36H27Cl2N3O3S/c37-31-20-17-29(22-32(31)38)39-34(42)23-45-30-18-15-28(16-19-30)40-36(44)33(41-35(43)27-9-5-2-6-10-27)21-24-11-13-26(14-12-24)25-7-3-1-4-8-25/h1-22H,23H2,(H,39,42)(H,40,44)(H,41,43)/b33-21-. The zero-order valence-corrected chi connectivity index (χ0v) is 26.1. The predicted octanol–water partition coefficient (Wildman–Crippen LogP) is 8.80. The molecular formula is C36H27Cl2N3O3S. The van der Waals surface area contributed by atoms with Gasteiger partial charge in [0.05, 0.1) is 15.8 Å². The number of anilines is 2. The highest BCUT2D eigenvalue weighted by atomic mass is 35.5. The minimum atomic E-state index is -0.479. The van der Waals surface area contributed by atoms with Crippen LogP contribution in [-0.2, 0) is 9.59 Å². The minimum absolute atomic E-state index is 0.0914. The van der Waals surface area contributed by atoms with Crippen LogP contribution in [0.4, 0.5) is 11.4 Å². The van der Waals surface area contributed by atoms with Crippen LogP contribution in [0.3, 0.4) is 0 Å². The Hall–Kier alpha value is -4.82. The summed E-state index contributed by atoms with van der Waals surface area (Å²) in [5.41, 5.74) is 4.48. The first-order chi connectivity index (χ1) is 21.8. The van der Waals surface area contributed by atoms with Gasteiger partial charge in [-0.15, -0.1) is 11.8 Å². The molecule has 0 saturated carbocycles. The van der Waals surface area contributed by atoms with E-state index in [1.807, 2.05) is 60.7 Å². The third-order valence-electron chi connectivity index (χ3n) is 6.54. The lowest BCUT2D eigenvalue weighted by Crippen LogP contribution is -2.30. The molecule has 3 amide bonds. The molecule has 224 valence electrons. The Labute approximate surface area is 275 Å². The van der Waals surface area contributed by atoms with Gasteiger partial charge in [0.1, 0.15) is 5.70 Å². The molecule has 0 aliphatic heterocycles. The first kappa shape index (κ1) is 31.6. The van der Waals surface area contributed by atoms with Crippen molar-refractivity contribution in [3.8, 4) is 11.1 Å². The first-order valence-electron chi connectivity index (χ1n) is 13.9. The lowest BCUT2D eigenvalue weighted by atomic mass is 10.0. The van der Waals surface area contributed by atoms with Gasteiger partial charge in [0.2, 0.25) is 5.91 Å². The second-order valence-electron chi connectivity index (χ2n) is 9.81. The molecule has 0 aliphatic carbocycles. The highest BCUT2D eigenvalue weighted by Gasteiger charge is 2.15. The predicted molar refractivity (Wildman–Crippen MR) is 185 cm³/mol. The van der Waals surface area contributed by atoms with Gasteiger partial charge in [0.25, 0.3) is 11.8 Å². The molecule has 5 aromatic carbocycles. The lowest BCUT2D eigenvalue weighted by molar-refractivity contribution is -0.114. The van der Waals surface area contributed by atoms with Crippen LogP contribution in [0.25, 0.3) is 17.2 Å². The summed E-state index contributed by atoms with van der Waals surface area (Å²) < 4.78 is 0. The Morgan fingerprint density at radius 3 is 1.93 bits per heavy atom. The van der Waals surface area contributed by atoms with Crippen molar-refractivity contribution in [2.45, 2.75) is 4.90 Å². The van der Waals surface area contributed by atoms with Gasteiger partial charge in [-0.2, -0.15) is 0 Å². The van der Waals surface area contributed by atoms with E-state index >= 15 is 0 Å². The number of carbonyl (C=O) groups excluding carboxylic acids is 3. The first-order valence-corrected chi connectivity index (χ1v) is 15.6. The van der Waals surface area contributed by atoms with Crippen LogP contribution in [0, 0.1) is 0 Å². The molecule has 5 aromatic rings. The molecule has 5 rings (SSSR count). The number of carbonyl (C=O) groups is 3. The molecular weight excluding hydrogens is 625 g/mol. The Bertz CT molecular complexity index is 1830. The van der Waals surface area contributed by atoms with E-state index in [0.29, 0.717) is 27.0 Å². The van der Waals surface area contributed by atoms with Crippen LogP contribution in [0.1, 0.15) is 15.9 Å². The van der Waals surface area contributed by atoms with Gasteiger partial charge in [-0.05, 0) is 77.4 Å². The van der Waals surface area contributed by atoms with Crippen molar-refractivity contribution in [1.82, 2.24) is 5.32 Å². The van der Waals surface area contributed by atoms with E-state index in [1.165, 1.54) is 11.8 Å². The molecule has 0 aliphatic rings. The van der Waals surface area contributed by atoms with Crippen molar-refractivity contribution < 1.29 is 14.4 Å². The molecule has 0 saturated heterocycles. The molecule has 6 nitrogen and oxygen atoms in total. The van der Waals surface area contributed by atoms with Gasteiger partial charge >= 0.3 is 0 Å². The fourth-order valence-corrected chi connectivity index (χ4v) is 5.26. The monoisotopic (exact) mass is 651 g/mol. The van der Waals surface area contributed by atoms with Gasteiger partial charge < -0.3 is 16.0 Å². The summed E-state index contributed by atoms with van der Waals surface area (Å²) in [6.07, 6.45) is 1.64. The van der Waals surface area contributed by atoms with Gasteiger partial charge in [-0.1, -0.05) is 96.0 Å². The van der Waals surface area contributed by atoms with E-state index in [9.17, 15) is 14.4 Å². The summed E-state index contributed by atoms with van der Waals surface area (Å²) in [5, 5.41) is 9.18. The highest BCUT2D eigenvalue weighted by Crippen LogP contribution is 2.26. The maximum Gasteiger partial charge on any atom is 0.272 e. The fourth-order valence-electron chi connectivity index (χ4n) is 4.26. The Morgan fingerprint density at radius 1 is 0.644 bits per heavy atom. The number of nitrogens with one attached hydrogen (secondary N) is 3. The molecule has 0 radical (unpaired) electrons. The summed E-state index contributed by atoms with van der Waals surface area (Å²) >= 11 is 13.3. The van der Waals surface area contributed by atoms with Gasteiger partial charge in [-0.3, -0.25) is 14.4 Å². The number of amides is 3. The molecule has 0 aromatic heterocycles. The van der Waals surface area contributed by atoms with Crippen molar-refractivity contribution in [3.05, 3.63) is 154 Å². The number of benzene rings is 5. The van der Waals surface area contributed by atoms with Crippen LogP contribution in [0.5, 0.6) is 0 Å². The average Bonchev–Trinajstić information content (AvgIpc) is 3.07. The molecule has 0 spiro atoms. The number of thioether (sulfide) groups is 1. The fraction of sp³-hybridized carbons (Fsp3) is 0.0278. The zero-order chi connectivity index (χ0) is 31.6.